The van der Waals surface area contributed by atoms with E-state index in [2.05, 4.69) is 10.3 Å². The number of benzene rings is 1. The quantitative estimate of drug-likeness (QED) is 0.729. The molecule has 0 amide bonds. The molecule has 2 heterocycles. The van der Waals surface area contributed by atoms with Crippen molar-refractivity contribution in [3.05, 3.63) is 39.5 Å². The lowest BCUT2D eigenvalue weighted by Crippen LogP contribution is -2.24. The Morgan fingerprint density at radius 3 is 2.94 bits per heavy atom. The molecule has 16 heavy (non-hydrogen) atoms. The Hall–Kier alpha value is -0.830. The van der Waals surface area contributed by atoms with Crippen molar-refractivity contribution in [2.75, 3.05) is 6.54 Å². The van der Waals surface area contributed by atoms with Crippen LogP contribution in [0.1, 0.15) is 11.1 Å². The lowest BCUT2D eigenvalue weighted by atomic mass is 9.98. The average Bonchev–Trinajstić information content (AvgIpc) is 2.29. The van der Waals surface area contributed by atoms with Gasteiger partial charge >= 0.3 is 0 Å². The minimum absolute atomic E-state index is 0.594. The normalized spacial score (nSPS) is 15.1. The first-order valence-electron chi connectivity index (χ1n) is 5.23. The number of aromatic nitrogens is 1. The van der Waals surface area contributed by atoms with Gasteiger partial charge in [0.1, 0.15) is 5.15 Å². The van der Waals surface area contributed by atoms with Crippen LogP contribution >= 0.6 is 23.2 Å². The van der Waals surface area contributed by atoms with Gasteiger partial charge in [0.15, 0.2) is 0 Å². The van der Waals surface area contributed by atoms with Crippen LogP contribution in [0.15, 0.2) is 18.2 Å². The molecular formula is C12H10Cl2N2. The van der Waals surface area contributed by atoms with E-state index < -0.39 is 0 Å². The van der Waals surface area contributed by atoms with E-state index in [1.165, 1.54) is 10.9 Å². The number of nitrogens with one attached hydrogen (secondary N) is 1. The Bertz CT molecular complexity index is 566. The zero-order valence-electron chi connectivity index (χ0n) is 8.56. The first-order valence-corrected chi connectivity index (χ1v) is 5.98. The summed E-state index contributed by atoms with van der Waals surface area (Å²) in [5, 5.41) is 5.77. The van der Waals surface area contributed by atoms with Crippen molar-refractivity contribution < 1.29 is 0 Å². The molecule has 2 nitrogen and oxygen atoms in total. The highest BCUT2D eigenvalue weighted by molar-refractivity contribution is 6.32. The van der Waals surface area contributed by atoms with Gasteiger partial charge in [-0.1, -0.05) is 29.3 Å². The molecule has 1 aliphatic heterocycles. The van der Waals surface area contributed by atoms with E-state index >= 15 is 0 Å². The highest BCUT2D eigenvalue weighted by atomic mass is 35.5. The summed E-state index contributed by atoms with van der Waals surface area (Å²) in [4.78, 5) is 4.39. The third-order valence-corrected chi connectivity index (χ3v) is 3.52. The molecule has 1 aliphatic rings. The molecule has 0 atom stereocenters. The summed E-state index contributed by atoms with van der Waals surface area (Å²) < 4.78 is 0. The second-order valence-electron chi connectivity index (χ2n) is 3.95. The molecule has 82 valence electrons. The molecule has 0 bridgehead atoms. The fraction of sp³-hybridized carbons (Fsp3) is 0.250. The van der Waals surface area contributed by atoms with Crippen LogP contribution in [0.5, 0.6) is 0 Å². The van der Waals surface area contributed by atoms with Gasteiger partial charge in [-0.15, -0.1) is 0 Å². The SMILES string of the molecule is Clc1ccc2c3c(c(Cl)nc2c1)CNCC3. The molecule has 0 radical (unpaired) electrons. The van der Waals surface area contributed by atoms with E-state index in [1.807, 2.05) is 18.2 Å². The van der Waals surface area contributed by atoms with Crippen molar-refractivity contribution in [1.82, 2.24) is 10.3 Å². The van der Waals surface area contributed by atoms with E-state index in [-0.39, 0.29) is 0 Å². The molecule has 1 aromatic heterocycles. The second-order valence-corrected chi connectivity index (χ2v) is 4.74. The first-order chi connectivity index (χ1) is 7.75. The molecule has 0 spiro atoms. The summed E-state index contributed by atoms with van der Waals surface area (Å²) in [7, 11) is 0. The Kier molecular flexibility index (Phi) is 2.51. The van der Waals surface area contributed by atoms with Gasteiger partial charge in [0.2, 0.25) is 0 Å². The van der Waals surface area contributed by atoms with E-state index in [1.54, 1.807) is 0 Å². The smallest absolute Gasteiger partial charge is 0.134 e. The van der Waals surface area contributed by atoms with Crippen LogP contribution in [-0.4, -0.2) is 11.5 Å². The molecule has 3 rings (SSSR count). The summed E-state index contributed by atoms with van der Waals surface area (Å²) in [6, 6.07) is 5.80. The molecule has 0 saturated carbocycles. The Labute approximate surface area is 104 Å². The summed E-state index contributed by atoms with van der Waals surface area (Å²) in [6.07, 6.45) is 0.996. The number of rotatable bonds is 0. The maximum Gasteiger partial charge on any atom is 0.134 e. The van der Waals surface area contributed by atoms with Crippen molar-refractivity contribution in [3.63, 3.8) is 0 Å². The topological polar surface area (TPSA) is 24.9 Å². The fourth-order valence-electron chi connectivity index (χ4n) is 2.20. The van der Waals surface area contributed by atoms with Gasteiger partial charge in [-0.05, 0) is 30.7 Å². The van der Waals surface area contributed by atoms with Crippen molar-refractivity contribution >= 4 is 34.1 Å². The van der Waals surface area contributed by atoms with E-state index in [9.17, 15) is 0 Å². The van der Waals surface area contributed by atoms with Crippen molar-refractivity contribution in [1.29, 1.82) is 0 Å². The van der Waals surface area contributed by atoms with Crippen molar-refractivity contribution in [2.24, 2.45) is 0 Å². The second kappa shape index (κ2) is 3.88. The Morgan fingerprint density at radius 2 is 2.06 bits per heavy atom. The van der Waals surface area contributed by atoms with Crippen LogP contribution in [-0.2, 0) is 13.0 Å². The minimum Gasteiger partial charge on any atom is -0.312 e. The van der Waals surface area contributed by atoms with Gasteiger partial charge in [0.05, 0.1) is 5.52 Å². The minimum atomic E-state index is 0.594. The molecule has 0 unspecified atom stereocenters. The van der Waals surface area contributed by atoms with Crippen LogP contribution in [0.25, 0.3) is 10.9 Å². The highest BCUT2D eigenvalue weighted by Gasteiger charge is 2.16. The lowest BCUT2D eigenvalue weighted by molar-refractivity contribution is 0.645. The van der Waals surface area contributed by atoms with Crippen LogP contribution < -0.4 is 5.32 Å². The van der Waals surface area contributed by atoms with Crippen LogP contribution in [0, 0.1) is 0 Å². The zero-order valence-corrected chi connectivity index (χ0v) is 10.1. The maximum absolute atomic E-state index is 6.18. The van der Waals surface area contributed by atoms with Gasteiger partial charge in [0, 0.05) is 22.5 Å². The zero-order chi connectivity index (χ0) is 11.1. The number of halogens is 2. The van der Waals surface area contributed by atoms with Crippen molar-refractivity contribution in [2.45, 2.75) is 13.0 Å². The number of hydrogen-bond acceptors (Lipinski definition) is 2. The number of fused-ring (bicyclic) bond motifs is 3. The molecule has 0 fully saturated rings. The Balaban J connectivity index is 2.37. The van der Waals surface area contributed by atoms with Gasteiger partial charge in [0.25, 0.3) is 0 Å². The van der Waals surface area contributed by atoms with Crippen LogP contribution in [0.3, 0.4) is 0 Å². The molecule has 0 aliphatic carbocycles. The third kappa shape index (κ3) is 1.58. The highest BCUT2D eigenvalue weighted by Crippen LogP contribution is 2.30. The molecule has 4 heteroatoms. The van der Waals surface area contributed by atoms with E-state index in [0.29, 0.717) is 10.2 Å². The average molecular weight is 253 g/mol. The summed E-state index contributed by atoms with van der Waals surface area (Å²) in [5.41, 5.74) is 3.33. The van der Waals surface area contributed by atoms with Crippen LogP contribution in [0.2, 0.25) is 10.2 Å². The largest absolute Gasteiger partial charge is 0.312 e. The standard InChI is InChI=1S/C12H10Cl2N2/c13-7-1-2-9-8-3-4-15-6-10(8)12(14)16-11(9)5-7/h1-2,5,15H,3-4,6H2. The predicted molar refractivity (Wildman–Crippen MR) is 67.2 cm³/mol. The molecule has 0 saturated heterocycles. The number of nitrogens with zero attached hydrogens (tertiary/aromatic N) is 1. The predicted octanol–water partition coefficient (Wildman–Crippen LogP) is 3.19. The van der Waals surface area contributed by atoms with Gasteiger partial charge in [-0.25, -0.2) is 4.98 Å². The van der Waals surface area contributed by atoms with E-state index in [4.69, 9.17) is 23.2 Å². The number of hydrogen-bond donors (Lipinski definition) is 1. The lowest BCUT2D eigenvalue weighted by Gasteiger charge is -2.19. The Morgan fingerprint density at radius 1 is 1.19 bits per heavy atom. The van der Waals surface area contributed by atoms with Gasteiger partial charge < -0.3 is 5.32 Å². The first kappa shape index (κ1) is 10.3. The third-order valence-electron chi connectivity index (χ3n) is 2.97. The summed E-state index contributed by atoms with van der Waals surface area (Å²) in [5.74, 6) is 0. The van der Waals surface area contributed by atoms with E-state index in [0.717, 1.165) is 30.6 Å². The number of pyridine rings is 1. The van der Waals surface area contributed by atoms with Gasteiger partial charge in [-0.2, -0.15) is 0 Å². The van der Waals surface area contributed by atoms with Crippen LogP contribution in [0.4, 0.5) is 0 Å². The van der Waals surface area contributed by atoms with Crippen molar-refractivity contribution in [3.8, 4) is 0 Å². The summed E-state index contributed by atoms with van der Waals surface area (Å²) >= 11 is 12.1. The van der Waals surface area contributed by atoms with Gasteiger partial charge in [-0.3, -0.25) is 0 Å². The monoisotopic (exact) mass is 252 g/mol. The molecule has 2 aromatic rings. The molecule has 1 aromatic carbocycles. The maximum atomic E-state index is 6.18. The molecule has 1 N–H and O–H groups in total. The molecular weight excluding hydrogens is 243 g/mol. The fourth-order valence-corrected chi connectivity index (χ4v) is 2.64. The summed E-state index contributed by atoms with van der Waals surface area (Å²) in [6.45, 7) is 1.80.